The van der Waals surface area contributed by atoms with E-state index >= 15 is 0 Å². The van der Waals surface area contributed by atoms with E-state index in [9.17, 15) is 4.79 Å². The molecule has 0 aliphatic carbocycles. The first-order valence-electron chi connectivity index (χ1n) is 9.19. The van der Waals surface area contributed by atoms with Gasteiger partial charge in [-0.3, -0.25) is 4.79 Å². The van der Waals surface area contributed by atoms with E-state index in [1.54, 1.807) is 20.3 Å². The summed E-state index contributed by atoms with van der Waals surface area (Å²) in [6.07, 6.45) is 1.81. The number of hydrazone groups is 1. The Balaban J connectivity index is 1.84. The zero-order valence-corrected chi connectivity index (χ0v) is 16.2. The minimum absolute atomic E-state index is 0.187. The highest BCUT2D eigenvalue weighted by atomic mass is 16.5. The molecule has 1 aliphatic rings. The summed E-state index contributed by atoms with van der Waals surface area (Å²) in [4.78, 5) is 13.3. The molecule has 0 bridgehead atoms. The average Bonchev–Trinajstić information content (AvgIpc) is 3.11. The van der Waals surface area contributed by atoms with Crippen molar-refractivity contribution >= 4 is 23.4 Å². The highest BCUT2D eigenvalue weighted by Gasteiger charge is 2.32. The molecule has 1 amide bonds. The summed E-state index contributed by atoms with van der Waals surface area (Å²) in [6, 6.07) is 24.6. The van der Waals surface area contributed by atoms with Crippen molar-refractivity contribution in [2.75, 3.05) is 19.2 Å². The molecule has 0 spiro atoms. The third kappa shape index (κ3) is 3.62. The van der Waals surface area contributed by atoms with E-state index in [1.165, 1.54) is 5.01 Å². The molecule has 5 heteroatoms. The maximum atomic E-state index is 13.3. The Labute approximate surface area is 169 Å². The van der Waals surface area contributed by atoms with Gasteiger partial charge in [0.2, 0.25) is 0 Å². The second-order valence-electron chi connectivity index (χ2n) is 6.43. The molecule has 0 unspecified atom stereocenters. The number of methoxy groups -OCH3 is 2. The third-order valence-electron chi connectivity index (χ3n) is 4.67. The molecule has 0 saturated heterocycles. The van der Waals surface area contributed by atoms with Gasteiger partial charge in [-0.2, -0.15) is 10.1 Å². The van der Waals surface area contributed by atoms with Gasteiger partial charge in [0, 0.05) is 17.2 Å². The van der Waals surface area contributed by atoms with Crippen LogP contribution in [-0.4, -0.2) is 25.8 Å². The molecule has 4 rings (SSSR count). The SMILES string of the molecule is COc1ccc(C=C2C(=O)N(c3ccccc3)N=C2c2ccccc2)c(OC)c1. The van der Waals surface area contributed by atoms with Crippen LogP contribution in [0.3, 0.4) is 0 Å². The van der Waals surface area contributed by atoms with Crippen LogP contribution in [0, 0.1) is 0 Å². The summed E-state index contributed by atoms with van der Waals surface area (Å²) in [6.45, 7) is 0. The minimum Gasteiger partial charge on any atom is -0.497 e. The predicted molar refractivity (Wildman–Crippen MR) is 114 cm³/mol. The van der Waals surface area contributed by atoms with Crippen molar-refractivity contribution in [2.24, 2.45) is 5.10 Å². The van der Waals surface area contributed by atoms with E-state index < -0.39 is 0 Å². The Morgan fingerprint density at radius 1 is 0.862 bits per heavy atom. The monoisotopic (exact) mass is 384 g/mol. The van der Waals surface area contributed by atoms with Gasteiger partial charge in [-0.05, 0) is 30.3 Å². The van der Waals surface area contributed by atoms with Gasteiger partial charge in [-0.1, -0.05) is 48.5 Å². The van der Waals surface area contributed by atoms with Gasteiger partial charge in [-0.15, -0.1) is 0 Å². The molecule has 0 saturated carbocycles. The normalized spacial score (nSPS) is 14.8. The first kappa shape index (κ1) is 18.5. The average molecular weight is 384 g/mol. The lowest BCUT2D eigenvalue weighted by Gasteiger charge is -2.11. The van der Waals surface area contributed by atoms with E-state index in [4.69, 9.17) is 9.47 Å². The lowest BCUT2D eigenvalue weighted by atomic mass is 10.00. The highest BCUT2D eigenvalue weighted by Crippen LogP contribution is 2.31. The molecule has 3 aromatic carbocycles. The Morgan fingerprint density at radius 2 is 1.55 bits per heavy atom. The predicted octanol–water partition coefficient (Wildman–Crippen LogP) is 4.54. The van der Waals surface area contributed by atoms with E-state index in [2.05, 4.69) is 5.10 Å². The number of ether oxygens (including phenoxy) is 2. The van der Waals surface area contributed by atoms with Crippen LogP contribution in [0.4, 0.5) is 5.69 Å². The van der Waals surface area contributed by atoms with E-state index in [0.717, 1.165) is 16.8 Å². The molecule has 0 N–H and O–H groups in total. The maximum Gasteiger partial charge on any atom is 0.281 e. The van der Waals surface area contributed by atoms with Crippen LogP contribution in [0.25, 0.3) is 6.08 Å². The lowest BCUT2D eigenvalue weighted by Crippen LogP contribution is -2.21. The molecule has 5 nitrogen and oxygen atoms in total. The quantitative estimate of drug-likeness (QED) is 0.607. The minimum atomic E-state index is -0.187. The molecule has 0 aromatic heterocycles. The van der Waals surface area contributed by atoms with Crippen LogP contribution in [0.2, 0.25) is 0 Å². The Bertz CT molecular complexity index is 1090. The Kier molecular flexibility index (Phi) is 5.12. The molecule has 144 valence electrons. The number of amides is 1. The zero-order chi connectivity index (χ0) is 20.2. The second-order valence-corrected chi connectivity index (χ2v) is 6.43. The van der Waals surface area contributed by atoms with E-state index in [1.807, 2.05) is 78.9 Å². The molecule has 0 fully saturated rings. The standard InChI is InChI=1S/C24H20N2O3/c1-28-20-14-13-18(22(16-20)29-2)15-21-23(17-9-5-3-6-10-17)25-26(24(21)27)19-11-7-4-8-12-19/h3-16H,1-2H3. The van der Waals surface area contributed by atoms with Gasteiger partial charge in [0.15, 0.2) is 0 Å². The van der Waals surface area contributed by atoms with Crippen molar-refractivity contribution < 1.29 is 14.3 Å². The number of nitrogens with zero attached hydrogens (tertiary/aromatic N) is 2. The van der Waals surface area contributed by atoms with Crippen molar-refractivity contribution in [1.29, 1.82) is 0 Å². The molecular weight excluding hydrogens is 364 g/mol. The molecule has 29 heavy (non-hydrogen) atoms. The number of para-hydroxylation sites is 1. The topological polar surface area (TPSA) is 51.1 Å². The number of anilines is 1. The summed E-state index contributed by atoms with van der Waals surface area (Å²) in [5, 5.41) is 6.08. The Hall–Kier alpha value is -3.86. The van der Waals surface area contributed by atoms with Crippen LogP contribution < -0.4 is 14.5 Å². The van der Waals surface area contributed by atoms with E-state index in [-0.39, 0.29) is 5.91 Å². The fourth-order valence-corrected chi connectivity index (χ4v) is 3.19. The molecule has 0 radical (unpaired) electrons. The smallest absolute Gasteiger partial charge is 0.281 e. The summed E-state index contributed by atoms with van der Waals surface area (Å²) in [5.74, 6) is 1.12. The maximum absolute atomic E-state index is 13.3. The largest absolute Gasteiger partial charge is 0.497 e. The van der Waals surface area contributed by atoms with Crippen LogP contribution in [0.1, 0.15) is 11.1 Å². The third-order valence-corrected chi connectivity index (χ3v) is 4.67. The number of carbonyl (C=O) groups excluding carboxylic acids is 1. The zero-order valence-electron chi connectivity index (χ0n) is 16.2. The number of benzene rings is 3. The van der Waals surface area contributed by atoms with Crippen molar-refractivity contribution in [3.63, 3.8) is 0 Å². The molecular formula is C24H20N2O3. The number of rotatable bonds is 5. The van der Waals surface area contributed by atoms with Crippen molar-refractivity contribution in [1.82, 2.24) is 0 Å². The van der Waals surface area contributed by atoms with Gasteiger partial charge in [0.25, 0.3) is 5.91 Å². The Morgan fingerprint density at radius 3 is 2.21 bits per heavy atom. The highest BCUT2D eigenvalue weighted by molar-refractivity contribution is 6.37. The van der Waals surface area contributed by atoms with E-state index in [0.29, 0.717) is 22.8 Å². The molecule has 0 atom stereocenters. The first-order chi connectivity index (χ1) is 14.2. The fraction of sp³-hybridized carbons (Fsp3) is 0.0833. The summed E-state index contributed by atoms with van der Waals surface area (Å²) in [7, 11) is 3.20. The van der Waals surface area contributed by atoms with Crippen LogP contribution in [-0.2, 0) is 4.79 Å². The van der Waals surface area contributed by atoms with Crippen molar-refractivity contribution in [3.05, 3.63) is 95.6 Å². The molecule has 1 aliphatic heterocycles. The summed E-state index contributed by atoms with van der Waals surface area (Å²) in [5.41, 5.74) is 3.49. The second kappa shape index (κ2) is 8.02. The van der Waals surface area contributed by atoms with Crippen molar-refractivity contribution in [3.8, 4) is 11.5 Å². The van der Waals surface area contributed by atoms with Gasteiger partial charge < -0.3 is 9.47 Å². The van der Waals surface area contributed by atoms with Gasteiger partial charge in [0.05, 0.1) is 25.5 Å². The molecule has 3 aromatic rings. The first-order valence-corrected chi connectivity index (χ1v) is 9.19. The van der Waals surface area contributed by atoms with Crippen LogP contribution in [0.5, 0.6) is 11.5 Å². The van der Waals surface area contributed by atoms with Gasteiger partial charge >= 0.3 is 0 Å². The van der Waals surface area contributed by atoms with Crippen molar-refractivity contribution in [2.45, 2.75) is 0 Å². The molecule has 1 heterocycles. The lowest BCUT2D eigenvalue weighted by molar-refractivity contribution is -0.114. The summed E-state index contributed by atoms with van der Waals surface area (Å²) >= 11 is 0. The van der Waals surface area contributed by atoms with Gasteiger partial charge in [0.1, 0.15) is 17.2 Å². The fourth-order valence-electron chi connectivity index (χ4n) is 3.19. The summed E-state index contributed by atoms with van der Waals surface area (Å²) < 4.78 is 10.8. The van der Waals surface area contributed by atoms with Crippen LogP contribution in [0.15, 0.2) is 89.5 Å². The van der Waals surface area contributed by atoms with Gasteiger partial charge in [-0.25, -0.2) is 0 Å². The van der Waals surface area contributed by atoms with Crippen LogP contribution >= 0.6 is 0 Å². The number of hydrogen-bond acceptors (Lipinski definition) is 4. The number of carbonyl (C=O) groups is 1. The number of hydrogen-bond donors (Lipinski definition) is 0.